The van der Waals surface area contributed by atoms with E-state index < -0.39 is 0 Å². The third-order valence-corrected chi connectivity index (χ3v) is 2.84. The second-order valence-electron chi connectivity index (χ2n) is 4.17. The molecule has 0 saturated carbocycles. The van der Waals surface area contributed by atoms with Crippen LogP contribution in [0.1, 0.15) is 12.7 Å². The highest BCUT2D eigenvalue weighted by Crippen LogP contribution is 2.02. The maximum atomic E-state index is 11.8. The molecule has 0 fully saturated rings. The van der Waals surface area contributed by atoms with Crippen molar-refractivity contribution in [1.82, 2.24) is 25.0 Å². The van der Waals surface area contributed by atoms with Crippen molar-refractivity contribution in [1.29, 1.82) is 0 Å². The van der Waals surface area contributed by atoms with Gasteiger partial charge < -0.3 is 10.1 Å². The molecule has 7 nitrogen and oxygen atoms in total. The fourth-order valence-electron chi connectivity index (χ4n) is 1.45. The Bertz CT molecular complexity index is 379. The standard InChI is InChI=1S/C11H21N5O2/c1-9(11(17)12-5-6-18-4)15(2)7-10-13-8-14-16(10)3/h8-9H,5-7H2,1-4H3,(H,12,17). The van der Waals surface area contributed by atoms with E-state index in [-0.39, 0.29) is 11.9 Å². The molecule has 0 radical (unpaired) electrons. The quantitative estimate of drug-likeness (QED) is 0.659. The first-order valence-electron chi connectivity index (χ1n) is 5.86. The lowest BCUT2D eigenvalue weighted by molar-refractivity contribution is -0.125. The molecule has 0 spiro atoms. The SMILES string of the molecule is COCCNC(=O)C(C)N(C)Cc1ncnn1C. The molecule has 102 valence electrons. The predicted molar refractivity (Wildman–Crippen MR) is 66.8 cm³/mol. The normalized spacial score (nSPS) is 12.7. The number of nitrogens with zero attached hydrogens (tertiary/aromatic N) is 4. The molecule has 7 heteroatoms. The number of methoxy groups -OCH3 is 1. The Morgan fingerprint density at radius 1 is 1.67 bits per heavy atom. The topological polar surface area (TPSA) is 72.3 Å². The fourth-order valence-corrected chi connectivity index (χ4v) is 1.45. The molecule has 0 bridgehead atoms. The van der Waals surface area contributed by atoms with E-state index in [1.54, 1.807) is 11.8 Å². The largest absolute Gasteiger partial charge is 0.383 e. The Morgan fingerprint density at radius 2 is 2.39 bits per heavy atom. The smallest absolute Gasteiger partial charge is 0.237 e. The number of hydrogen-bond acceptors (Lipinski definition) is 5. The number of hydrogen-bond donors (Lipinski definition) is 1. The van der Waals surface area contributed by atoms with Crippen LogP contribution in [0, 0.1) is 0 Å². The van der Waals surface area contributed by atoms with Crippen LogP contribution in [-0.2, 0) is 23.1 Å². The third-order valence-electron chi connectivity index (χ3n) is 2.84. The average Bonchev–Trinajstić information content (AvgIpc) is 2.74. The van der Waals surface area contributed by atoms with Crippen molar-refractivity contribution >= 4 is 5.91 Å². The van der Waals surface area contributed by atoms with E-state index >= 15 is 0 Å². The van der Waals surface area contributed by atoms with Gasteiger partial charge in [-0.1, -0.05) is 0 Å². The Morgan fingerprint density at radius 3 is 2.94 bits per heavy atom. The number of amides is 1. The number of rotatable bonds is 7. The van der Waals surface area contributed by atoms with Crippen molar-refractivity contribution in [3.05, 3.63) is 12.2 Å². The first kappa shape index (κ1) is 14.6. The summed E-state index contributed by atoms with van der Waals surface area (Å²) < 4.78 is 6.58. The number of aryl methyl sites for hydroxylation is 1. The molecule has 1 heterocycles. The van der Waals surface area contributed by atoms with E-state index in [1.807, 2.05) is 25.9 Å². The van der Waals surface area contributed by atoms with Gasteiger partial charge in [0.05, 0.1) is 19.2 Å². The summed E-state index contributed by atoms with van der Waals surface area (Å²) in [4.78, 5) is 17.9. The number of likely N-dealkylation sites (N-methyl/N-ethyl adjacent to an activating group) is 1. The first-order valence-corrected chi connectivity index (χ1v) is 5.86. The second kappa shape index (κ2) is 7.07. The van der Waals surface area contributed by atoms with Crippen molar-refractivity contribution in [2.24, 2.45) is 7.05 Å². The van der Waals surface area contributed by atoms with Crippen LogP contribution in [0.25, 0.3) is 0 Å². The Kier molecular flexibility index (Phi) is 5.73. The maximum Gasteiger partial charge on any atom is 0.237 e. The summed E-state index contributed by atoms with van der Waals surface area (Å²) in [7, 11) is 5.32. The van der Waals surface area contributed by atoms with Crippen LogP contribution in [-0.4, -0.2) is 58.9 Å². The summed E-state index contributed by atoms with van der Waals surface area (Å²) in [5, 5.41) is 6.81. The van der Waals surface area contributed by atoms with Crippen molar-refractivity contribution in [3.8, 4) is 0 Å². The van der Waals surface area contributed by atoms with Gasteiger partial charge in [-0.25, -0.2) is 4.98 Å². The zero-order valence-corrected chi connectivity index (χ0v) is 11.4. The van der Waals surface area contributed by atoms with Crippen molar-refractivity contribution in [2.45, 2.75) is 19.5 Å². The summed E-state index contributed by atoms with van der Waals surface area (Å²) >= 11 is 0. The summed E-state index contributed by atoms with van der Waals surface area (Å²) in [6.07, 6.45) is 1.51. The predicted octanol–water partition coefficient (Wildman–Crippen LogP) is -0.602. The summed E-state index contributed by atoms with van der Waals surface area (Å²) in [6.45, 7) is 3.48. The van der Waals surface area contributed by atoms with Gasteiger partial charge in [0.2, 0.25) is 5.91 Å². The summed E-state index contributed by atoms with van der Waals surface area (Å²) in [5.41, 5.74) is 0. The number of carbonyl (C=O) groups excluding carboxylic acids is 1. The molecule has 1 aromatic rings. The van der Waals surface area contributed by atoms with Crippen LogP contribution in [0.15, 0.2) is 6.33 Å². The highest BCUT2D eigenvalue weighted by molar-refractivity contribution is 5.81. The van der Waals surface area contributed by atoms with Crippen LogP contribution >= 0.6 is 0 Å². The van der Waals surface area contributed by atoms with Crippen molar-refractivity contribution < 1.29 is 9.53 Å². The zero-order valence-electron chi connectivity index (χ0n) is 11.4. The van der Waals surface area contributed by atoms with Gasteiger partial charge in [-0.15, -0.1) is 0 Å². The third kappa shape index (κ3) is 4.08. The molecular formula is C11H21N5O2. The molecule has 0 aliphatic carbocycles. The molecule has 1 unspecified atom stereocenters. The van der Waals surface area contributed by atoms with Crippen molar-refractivity contribution in [3.63, 3.8) is 0 Å². The average molecular weight is 255 g/mol. The monoisotopic (exact) mass is 255 g/mol. The second-order valence-corrected chi connectivity index (χ2v) is 4.17. The van der Waals surface area contributed by atoms with E-state index in [2.05, 4.69) is 15.4 Å². The molecule has 0 saturated heterocycles. The van der Waals surface area contributed by atoms with Gasteiger partial charge in [0.1, 0.15) is 12.2 Å². The van der Waals surface area contributed by atoms with Crippen LogP contribution in [0.3, 0.4) is 0 Å². The Balaban J connectivity index is 2.43. The van der Waals surface area contributed by atoms with E-state index in [4.69, 9.17) is 4.74 Å². The van der Waals surface area contributed by atoms with Gasteiger partial charge in [0, 0.05) is 20.7 Å². The van der Waals surface area contributed by atoms with Crippen LogP contribution in [0.4, 0.5) is 0 Å². The van der Waals surface area contributed by atoms with E-state index in [0.717, 1.165) is 5.82 Å². The minimum atomic E-state index is -0.224. The van der Waals surface area contributed by atoms with Gasteiger partial charge in [0.25, 0.3) is 0 Å². The fraction of sp³-hybridized carbons (Fsp3) is 0.727. The van der Waals surface area contributed by atoms with Crippen LogP contribution in [0.2, 0.25) is 0 Å². The minimum absolute atomic E-state index is 0.0169. The first-order chi connectivity index (χ1) is 8.56. The molecule has 0 aliphatic heterocycles. The van der Waals surface area contributed by atoms with Gasteiger partial charge >= 0.3 is 0 Å². The number of carbonyl (C=O) groups is 1. The molecular weight excluding hydrogens is 234 g/mol. The molecule has 1 rings (SSSR count). The maximum absolute atomic E-state index is 11.8. The Labute approximate surface area is 107 Å². The molecule has 0 aromatic carbocycles. The molecule has 18 heavy (non-hydrogen) atoms. The molecule has 1 amide bonds. The number of aromatic nitrogens is 3. The molecule has 0 aliphatic rings. The van der Waals surface area contributed by atoms with Gasteiger partial charge in [-0.05, 0) is 14.0 Å². The molecule has 1 aromatic heterocycles. The molecule has 1 atom stereocenters. The zero-order chi connectivity index (χ0) is 13.5. The lowest BCUT2D eigenvalue weighted by atomic mass is 10.2. The Hall–Kier alpha value is -1.47. The van der Waals surface area contributed by atoms with Crippen LogP contribution in [0.5, 0.6) is 0 Å². The van der Waals surface area contributed by atoms with E-state index in [9.17, 15) is 4.79 Å². The van der Waals surface area contributed by atoms with Crippen LogP contribution < -0.4 is 5.32 Å². The minimum Gasteiger partial charge on any atom is -0.383 e. The van der Waals surface area contributed by atoms with E-state index in [0.29, 0.717) is 19.7 Å². The highest BCUT2D eigenvalue weighted by atomic mass is 16.5. The number of nitrogens with one attached hydrogen (secondary N) is 1. The van der Waals surface area contributed by atoms with Gasteiger partial charge in [-0.2, -0.15) is 5.10 Å². The lowest BCUT2D eigenvalue weighted by Gasteiger charge is -2.23. The van der Waals surface area contributed by atoms with Gasteiger partial charge in [-0.3, -0.25) is 14.4 Å². The molecule has 1 N–H and O–H groups in total. The van der Waals surface area contributed by atoms with Gasteiger partial charge in [0.15, 0.2) is 0 Å². The van der Waals surface area contributed by atoms with Crippen molar-refractivity contribution in [2.75, 3.05) is 27.3 Å². The summed E-state index contributed by atoms with van der Waals surface area (Å²) in [5.74, 6) is 0.811. The summed E-state index contributed by atoms with van der Waals surface area (Å²) in [6, 6.07) is -0.224. The highest BCUT2D eigenvalue weighted by Gasteiger charge is 2.18. The lowest BCUT2D eigenvalue weighted by Crippen LogP contribution is -2.44. The number of ether oxygens (including phenoxy) is 1. The van der Waals surface area contributed by atoms with E-state index in [1.165, 1.54) is 6.33 Å².